The number of carboxylic acid groups (broad SMARTS) is 1. The van der Waals surface area contributed by atoms with Crippen molar-refractivity contribution in [3.8, 4) is 0 Å². The third kappa shape index (κ3) is 1.56. The zero-order valence-corrected chi connectivity index (χ0v) is 11.4. The smallest absolute Gasteiger partial charge is 0.346 e. The molecule has 6 heteroatoms. The highest BCUT2D eigenvalue weighted by molar-refractivity contribution is 7.12. The van der Waals surface area contributed by atoms with E-state index in [0.29, 0.717) is 5.56 Å². The van der Waals surface area contributed by atoms with Gasteiger partial charge in [-0.1, -0.05) is 13.8 Å². The first-order valence-electron chi connectivity index (χ1n) is 6.00. The first kappa shape index (κ1) is 12.3. The molecule has 2 fully saturated rings. The van der Waals surface area contributed by atoms with Gasteiger partial charge >= 0.3 is 5.97 Å². The third-order valence-electron chi connectivity index (χ3n) is 4.16. The summed E-state index contributed by atoms with van der Waals surface area (Å²) in [6.07, 6.45) is 0. The predicted molar refractivity (Wildman–Crippen MR) is 67.6 cm³/mol. The standard InChI is InChI=1S/C13H13NO4S/c1-13(2)7-8(13)11(16)14(10(7)15)5-6-3-4-19-9(6)12(17)18/h3-4,7-8H,5H2,1-2H3,(H,17,18). The van der Waals surface area contributed by atoms with Crippen molar-refractivity contribution in [2.75, 3.05) is 0 Å². The van der Waals surface area contributed by atoms with Crippen LogP contribution in [0.4, 0.5) is 0 Å². The van der Waals surface area contributed by atoms with Crippen LogP contribution in [0.2, 0.25) is 0 Å². The minimum Gasteiger partial charge on any atom is -0.477 e. The molecule has 0 radical (unpaired) electrons. The maximum absolute atomic E-state index is 12.1. The van der Waals surface area contributed by atoms with Crippen LogP contribution in [0.1, 0.15) is 29.1 Å². The molecule has 1 aliphatic heterocycles. The van der Waals surface area contributed by atoms with E-state index < -0.39 is 5.97 Å². The van der Waals surface area contributed by atoms with Crippen molar-refractivity contribution in [2.24, 2.45) is 17.3 Å². The third-order valence-corrected chi connectivity index (χ3v) is 5.11. The summed E-state index contributed by atoms with van der Waals surface area (Å²) in [5, 5.41) is 10.7. The molecule has 0 spiro atoms. The average molecular weight is 279 g/mol. The number of piperidine rings is 1. The fourth-order valence-electron chi connectivity index (χ4n) is 2.98. The number of carbonyl (C=O) groups excluding carboxylic acids is 2. The Labute approximate surface area is 113 Å². The Hall–Kier alpha value is -1.69. The number of fused-ring (bicyclic) bond motifs is 1. The largest absolute Gasteiger partial charge is 0.477 e. The molecule has 100 valence electrons. The Morgan fingerprint density at radius 3 is 2.47 bits per heavy atom. The number of carbonyl (C=O) groups is 3. The molecule has 3 rings (SSSR count). The van der Waals surface area contributed by atoms with Crippen molar-refractivity contribution in [3.63, 3.8) is 0 Å². The van der Waals surface area contributed by atoms with E-state index in [4.69, 9.17) is 5.11 Å². The van der Waals surface area contributed by atoms with Crippen molar-refractivity contribution >= 4 is 29.1 Å². The molecule has 1 aromatic heterocycles. The molecule has 19 heavy (non-hydrogen) atoms. The first-order chi connectivity index (χ1) is 8.85. The van der Waals surface area contributed by atoms with Gasteiger partial charge in [0.05, 0.1) is 18.4 Å². The van der Waals surface area contributed by atoms with Crippen LogP contribution in [-0.4, -0.2) is 27.8 Å². The normalized spacial score (nSPS) is 27.6. The SMILES string of the molecule is CC1(C)C2C(=O)N(Cc3ccsc3C(=O)O)C(=O)C21. The molecule has 1 N–H and O–H groups in total. The molecular formula is C13H13NO4S. The number of nitrogens with zero attached hydrogens (tertiary/aromatic N) is 1. The zero-order valence-electron chi connectivity index (χ0n) is 10.5. The van der Waals surface area contributed by atoms with Gasteiger partial charge in [0.15, 0.2) is 0 Å². The lowest BCUT2D eigenvalue weighted by atomic mass is 10.1. The van der Waals surface area contributed by atoms with Crippen molar-refractivity contribution in [1.29, 1.82) is 0 Å². The Morgan fingerprint density at radius 1 is 1.37 bits per heavy atom. The summed E-state index contributed by atoms with van der Waals surface area (Å²) in [5.41, 5.74) is 0.299. The van der Waals surface area contributed by atoms with E-state index in [1.54, 1.807) is 11.4 Å². The fraction of sp³-hybridized carbons (Fsp3) is 0.462. The van der Waals surface area contributed by atoms with Crippen LogP contribution in [0, 0.1) is 17.3 Å². The van der Waals surface area contributed by atoms with Crippen LogP contribution >= 0.6 is 11.3 Å². The van der Waals surface area contributed by atoms with Gasteiger partial charge in [-0.2, -0.15) is 0 Å². The second kappa shape index (κ2) is 3.66. The number of aromatic carboxylic acids is 1. The summed E-state index contributed by atoms with van der Waals surface area (Å²) in [4.78, 5) is 36.7. The predicted octanol–water partition coefficient (Wildman–Crippen LogP) is 1.59. The van der Waals surface area contributed by atoms with E-state index in [9.17, 15) is 14.4 Å². The van der Waals surface area contributed by atoms with Crippen molar-refractivity contribution < 1.29 is 19.5 Å². The minimum atomic E-state index is -1.02. The van der Waals surface area contributed by atoms with E-state index in [1.165, 1.54) is 4.90 Å². The zero-order chi connectivity index (χ0) is 13.9. The molecule has 0 aromatic carbocycles. The molecule has 2 heterocycles. The van der Waals surface area contributed by atoms with Crippen molar-refractivity contribution in [1.82, 2.24) is 4.90 Å². The van der Waals surface area contributed by atoms with Gasteiger partial charge in [-0.3, -0.25) is 14.5 Å². The lowest BCUT2D eigenvalue weighted by Crippen LogP contribution is -2.35. The number of rotatable bonds is 3. The van der Waals surface area contributed by atoms with Crippen LogP contribution in [0.15, 0.2) is 11.4 Å². The highest BCUT2D eigenvalue weighted by atomic mass is 32.1. The topological polar surface area (TPSA) is 74.7 Å². The number of carboxylic acids is 1. The maximum Gasteiger partial charge on any atom is 0.346 e. The monoisotopic (exact) mass is 279 g/mol. The number of hydrogen-bond donors (Lipinski definition) is 1. The number of likely N-dealkylation sites (tertiary alicyclic amines) is 1. The molecule has 0 bridgehead atoms. The summed E-state index contributed by atoms with van der Waals surface area (Å²) < 4.78 is 0. The minimum absolute atomic E-state index is 0.0753. The second-order valence-corrected chi connectivity index (χ2v) is 6.54. The summed E-state index contributed by atoms with van der Waals surface area (Å²) in [7, 11) is 0. The van der Waals surface area contributed by atoms with Gasteiger partial charge in [0.1, 0.15) is 4.88 Å². The Morgan fingerprint density at radius 2 is 1.95 bits per heavy atom. The van der Waals surface area contributed by atoms with Gasteiger partial charge in [-0.15, -0.1) is 11.3 Å². The number of hydrogen-bond acceptors (Lipinski definition) is 4. The molecule has 1 saturated carbocycles. The molecule has 1 aliphatic carbocycles. The van der Waals surface area contributed by atoms with Crippen LogP contribution in [0.5, 0.6) is 0 Å². The average Bonchev–Trinajstić information content (AvgIpc) is 2.65. The van der Waals surface area contributed by atoms with Crippen molar-refractivity contribution in [2.45, 2.75) is 20.4 Å². The van der Waals surface area contributed by atoms with Crippen LogP contribution in [0.3, 0.4) is 0 Å². The quantitative estimate of drug-likeness (QED) is 0.853. The first-order valence-corrected chi connectivity index (χ1v) is 6.88. The fourth-order valence-corrected chi connectivity index (χ4v) is 3.73. The van der Waals surface area contributed by atoms with Crippen LogP contribution in [-0.2, 0) is 16.1 Å². The van der Waals surface area contributed by atoms with Gasteiger partial charge in [-0.25, -0.2) is 4.79 Å². The molecule has 2 atom stereocenters. The summed E-state index contributed by atoms with van der Waals surface area (Å²) >= 11 is 1.11. The highest BCUT2D eigenvalue weighted by Gasteiger charge is 2.72. The summed E-state index contributed by atoms with van der Waals surface area (Å²) in [6.45, 7) is 3.91. The molecule has 5 nitrogen and oxygen atoms in total. The number of thiophene rings is 1. The summed E-state index contributed by atoms with van der Waals surface area (Å²) in [5.74, 6) is -1.78. The van der Waals surface area contributed by atoms with Crippen LogP contribution in [0.25, 0.3) is 0 Å². The Balaban J connectivity index is 1.83. The van der Waals surface area contributed by atoms with Gasteiger partial charge in [0, 0.05) is 0 Å². The Kier molecular flexibility index (Phi) is 2.38. The Bertz CT molecular complexity index is 580. The molecule has 1 saturated heterocycles. The van der Waals surface area contributed by atoms with Gasteiger partial charge in [0.25, 0.3) is 0 Å². The van der Waals surface area contributed by atoms with Gasteiger partial charge in [0.2, 0.25) is 11.8 Å². The van der Waals surface area contributed by atoms with Gasteiger partial charge < -0.3 is 5.11 Å². The molecular weight excluding hydrogens is 266 g/mol. The number of amides is 2. The van der Waals surface area contributed by atoms with E-state index in [1.807, 2.05) is 13.8 Å². The maximum atomic E-state index is 12.1. The summed E-state index contributed by atoms with van der Waals surface area (Å²) in [6, 6.07) is 1.66. The molecule has 1 aromatic rings. The second-order valence-electron chi connectivity index (χ2n) is 5.62. The van der Waals surface area contributed by atoms with E-state index >= 15 is 0 Å². The van der Waals surface area contributed by atoms with E-state index in [2.05, 4.69) is 0 Å². The van der Waals surface area contributed by atoms with Crippen LogP contribution < -0.4 is 0 Å². The van der Waals surface area contributed by atoms with Gasteiger partial charge in [-0.05, 0) is 22.4 Å². The van der Waals surface area contributed by atoms with E-state index in [0.717, 1.165) is 11.3 Å². The van der Waals surface area contributed by atoms with Crippen molar-refractivity contribution in [3.05, 3.63) is 21.9 Å². The molecule has 2 aliphatic rings. The lowest BCUT2D eigenvalue weighted by molar-refractivity contribution is -0.143. The highest BCUT2D eigenvalue weighted by Crippen LogP contribution is 2.63. The lowest BCUT2D eigenvalue weighted by Gasteiger charge is -2.20. The number of imide groups is 1. The molecule has 2 unspecified atom stereocenters. The molecule has 2 amide bonds. The van der Waals surface area contributed by atoms with E-state index in [-0.39, 0.29) is 40.5 Å².